The number of nitriles is 1. The van der Waals surface area contributed by atoms with Gasteiger partial charge in [-0.3, -0.25) is 0 Å². The van der Waals surface area contributed by atoms with E-state index in [1.54, 1.807) is 0 Å². The Hall–Kier alpha value is -8.33. The summed E-state index contributed by atoms with van der Waals surface area (Å²) < 4.78 is 9.84. The van der Waals surface area contributed by atoms with Gasteiger partial charge in [0.15, 0.2) is 0 Å². The molecule has 0 aliphatic heterocycles. The molecule has 0 saturated carbocycles. The van der Waals surface area contributed by atoms with E-state index in [-0.39, 0.29) is 21.7 Å². The Labute approximate surface area is 471 Å². The van der Waals surface area contributed by atoms with Gasteiger partial charge in [-0.1, -0.05) is 154 Å². The van der Waals surface area contributed by atoms with Crippen LogP contribution in [-0.4, -0.2) is 18.3 Å². The summed E-state index contributed by atoms with van der Waals surface area (Å²) in [6.45, 7) is 36.3. The maximum absolute atomic E-state index is 12.9. The summed E-state index contributed by atoms with van der Waals surface area (Å²) in [5.41, 5.74) is 22.2. The molecule has 5 nitrogen and oxygen atoms in total. The van der Waals surface area contributed by atoms with Gasteiger partial charge in [-0.2, -0.15) is 5.26 Å². The molecule has 9 aromatic carbocycles. The van der Waals surface area contributed by atoms with Crippen molar-refractivity contribution in [1.82, 2.24) is 18.3 Å². The van der Waals surface area contributed by atoms with Gasteiger partial charge < -0.3 is 18.3 Å². The molecule has 5 heteroatoms. The summed E-state index contributed by atoms with van der Waals surface area (Å²) >= 11 is 0. The number of aromatic nitrogens is 4. The molecule has 0 bridgehead atoms. The minimum atomic E-state index is -0.0898. The number of rotatable bonds is 4. The Kier molecular flexibility index (Phi) is 11.1. The van der Waals surface area contributed by atoms with Crippen molar-refractivity contribution in [2.24, 2.45) is 0 Å². The van der Waals surface area contributed by atoms with E-state index in [2.05, 4.69) is 287 Å². The van der Waals surface area contributed by atoms with Crippen molar-refractivity contribution in [3.63, 3.8) is 0 Å². The predicted octanol–water partition coefficient (Wildman–Crippen LogP) is 20.4. The van der Waals surface area contributed by atoms with Crippen molar-refractivity contribution in [2.45, 2.75) is 132 Å². The quantitative estimate of drug-likeness (QED) is 0.173. The first-order valence-electron chi connectivity index (χ1n) is 28.6. The summed E-state index contributed by atoms with van der Waals surface area (Å²) in [5.74, 6) is 0. The van der Waals surface area contributed by atoms with Gasteiger partial charge >= 0.3 is 0 Å². The lowest BCUT2D eigenvalue weighted by Gasteiger charge is -2.26. The number of hydrogen-bond acceptors (Lipinski definition) is 1. The van der Waals surface area contributed by atoms with Gasteiger partial charge in [0.2, 0.25) is 0 Å². The fraction of sp³-hybridized carbons (Fsp3) is 0.267. The average molecular weight is 1040 g/mol. The fourth-order valence-electron chi connectivity index (χ4n) is 12.9. The third kappa shape index (κ3) is 7.77. The van der Waals surface area contributed by atoms with Crippen molar-refractivity contribution in [3.05, 3.63) is 202 Å². The minimum Gasteiger partial charge on any atom is -0.307 e. The van der Waals surface area contributed by atoms with Crippen LogP contribution in [0, 0.1) is 39.0 Å². The van der Waals surface area contributed by atoms with Gasteiger partial charge in [0.25, 0.3) is 0 Å². The summed E-state index contributed by atoms with van der Waals surface area (Å²) in [5, 5.41) is 22.3. The lowest BCUT2D eigenvalue weighted by atomic mass is 9.86. The molecule has 80 heavy (non-hydrogen) atoms. The highest BCUT2D eigenvalue weighted by Crippen LogP contribution is 2.48. The van der Waals surface area contributed by atoms with Crippen LogP contribution in [0.1, 0.15) is 133 Å². The van der Waals surface area contributed by atoms with Crippen LogP contribution in [0.4, 0.5) is 0 Å². The van der Waals surface area contributed by atoms with Crippen molar-refractivity contribution >= 4 is 87.2 Å². The Bertz CT molecular complexity index is 4550. The van der Waals surface area contributed by atoms with Gasteiger partial charge in [0, 0.05) is 43.1 Å². The fourth-order valence-corrected chi connectivity index (χ4v) is 12.9. The van der Waals surface area contributed by atoms with E-state index >= 15 is 0 Å². The molecule has 0 spiro atoms. The summed E-state index contributed by atoms with van der Waals surface area (Å²) in [4.78, 5) is 0. The van der Waals surface area contributed by atoms with E-state index in [1.807, 2.05) is 0 Å². The van der Waals surface area contributed by atoms with Crippen LogP contribution in [0.2, 0.25) is 0 Å². The van der Waals surface area contributed by atoms with E-state index in [1.165, 1.54) is 76.8 Å². The van der Waals surface area contributed by atoms with Gasteiger partial charge in [0.1, 0.15) is 11.6 Å². The Morgan fingerprint density at radius 1 is 0.275 bits per heavy atom. The molecule has 0 fully saturated rings. The average Bonchev–Trinajstić information content (AvgIpc) is 4.24. The molecule has 0 N–H and O–H groups in total. The highest BCUT2D eigenvalue weighted by atomic mass is 15.1. The number of benzene rings is 9. The van der Waals surface area contributed by atoms with E-state index in [0.717, 1.165) is 77.7 Å². The molecule has 13 aromatic rings. The first-order chi connectivity index (χ1) is 37.8. The SMILES string of the molecule is Cc1ccc2c(c1)c1cc(C(C)(C)C)ccc1n2-c1cc(-n2c3ccc(C)cc3c3cc(C(C)(C)C)ccc32)c(-n2c3ccc(C)cc3c3cc(C(C)(C)C)ccc32)c(C#N)c1-n1c2ccc(C)cc2c2cc(C(C)(C)C)ccc21. The predicted molar refractivity (Wildman–Crippen MR) is 342 cm³/mol. The monoisotopic (exact) mass is 1040 g/mol. The summed E-state index contributed by atoms with van der Waals surface area (Å²) in [6.07, 6.45) is 0. The highest BCUT2D eigenvalue weighted by Gasteiger charge is 2.32. The van der Waals surface area contributed by atoms with Crippen LogP contribution < -0.4 is 0 Å². The van der Waals surface area contributed by atoms with Crippen molar-refractivity contribution < 1.29 is 0 Å². The molecule has 0 atom stereocenters. The van der Waals surface area contributed by atoms with E-state index in [4.69, 9.17) is 0 Å². The molecule has 0 radical (unpaired) electrons. The summed E-state index contributed by atoms with van der Waals surface area (Å²) in [6, 6.07) is 61.2. The van der Waals surface area contributed by atoms with Gasteiger partial charge in [-0.05, 0) is 175 Å². The molecule has 398 valence electrons. The minimum absolute atomic E-state index is 0.0797. The highest BCUT2D eigenvalue weighted by molar-refractivity contribution is 6.16. The molecule has 0 amide bonds. The zero-order chi connectivity index (χ0) is 56.4. The number of nitrogens with zero attached hydrogens (tertiary/aromatic N) is 5. The summed E-state index contributed by atoms with van der Waals surface area (Å²) in [7, 11) is 0. The second-order valence-electron chi connectivity index (χ2n) is 27.5. The number of fused-ring (bicyclic) bond motifs is 12. The van der Waals surface area contributed by atoms with Gasteiger partial charge in [-0.25, -0.2) is 0 Å². The third-order valence-corrected chi connectivity index (χ3v) is 17.4. The van der Waals surface area contributed by atoms with Gasteiger partial charge in [-0.15, -0.1) is 0 Å². The normalized spacial score (nSPS) is 13.0. The van der Waals surface area contributed by atoms with Gasteiger partial charge in [0.05, 0.1) is 66.9 Å². The van der Waals surface area contributed by atoms with E-state index in [0.29, 0.717) is 5.56 Å². The maximum atomic E-state index is 12.9. The molecule has 0 aliphatic rings. The lowest BCUT2D eigenvalue weighted by Crippen LogP contribution is -2.14. The van der Waals surface area contributed by atoms with Crippen molar-refractivity contribution in [1.29, 1.82) is 5.26 Å². The molecule has 0 aliphatic carbocycles. The van der Waals surface area contributed by atoms with Crippen LogP contribution in [0.25, 0.3) is 110 Å². The topological polar surface area (TPSA) is 43.5 Å². The third-order valence-electron chi connectivity index (χ3n) is 17.4. The Morgan fingerprint density at radius 2 is 0.487 bits per heavy atom. The van der Waals surface area contributed by atoms with Crippen LogP contribution in [0.15, 0.2) is 152 Å². The standard InChI is InChI=1S/C75H73N5/c1-43-17-25-60-51(33-43)55-37-47(72(5,6)7)21-29-62(55)77(60)68-41-69(78-61-26-18-44(2)34-52(61)56-38-48(73(8,9)10)22-30-63(56)78)71(80-65-28-20-46(4)36-54(65)58-40-50(75(14,15)16)24-32-67(58)80)59(42-76)70(68)79-64-27-19-45(3)35-53(64)57-39-49(74(11,12)13)23-31-66(57)79/h17-41H,1-16H3. The van der Waals surface area contributed by atoms with Crippen LogP contribution >= 0.6 is 0 Å². The molecule has 4 aromatic heterocycles. The molecule has 0 unspecified atom stereocenters. The molecule has 4 heterocycles. The molecule has 13 rings (SSSR count). The zero-order valence-electron chi connectivity index (χ0n) is 49.7. The number of hydrogen-bond donors (Lipinski definition) is 0. The lowest BCUT2D eigenvalue weighted by molar-refractivity contribution is 0.591. The second kappa shape index (κ2) is 17.3. The molecule has 0 saturated heterocycles. The van der Waals surface area contributed by atoms with E-state index in [9.17, 15) is 5.26 Å². The first kappa shape index (κ1) is 51.1. The Balaban J connectivity index is 1.33. The van der Waals surface area contributed by atoms with Crippen LogP contribution in [-0.2, 0) is 21.7 Å². The maximum Gasteiger partial charge on any atom is 0.104 e. The largest absolute Gasteiger partial charge is 0.307 e. The molecular weight excluding hydrogens is 971 g/mol. The van der Waals surface area contributed by atoms with Crippen molar-refractivity contribution in [2.75, 3.05) is 0 Å². The smallest absolute Gasteiger partial charge is 0.104 e. The Morgan fingerprint density at radius 3 is 0.713 bits per heavy atom. The van der Waals surface area contributed by atoms with E-state index < -0.39 is 0 Å². The second-order valence-corrected chi connectivity index (χ2v) is 27.5. The van der Waals surface area contributed by atoms with Crippen LogP contribution in [0.3, 0.4) is 0 Å². The number of aryl methyl sites for hydroxylation is 4. The first-order valence-corrected chi connectivity index (χ1v) is 28.6. The zero-order valence-corrected chi connectivity index (χ0v) is 49.7. The van der Waals surface area contributed by atoms with Crippen molar-refractivity contribution in [3.8, 4) is 28.8 Å². The molecular formula is C75H73N5. The van der Waals surface area contributed by atoms with Crippen LogP contribution in [0.5, 0.6) is 0 Å².